The molecule has 1 fully saturated rings. The number of nitrogens with zero attached hydrogens (tertiary/aromatic N) is 1. The number of carbonyl (C=O) groups excluding carboxylic acids is 1. The fourth-order valence-corrected chi connectivity index (χ4v) is 2.86. The average molecular weight is 290 g/mol. The number of piperidine rings is 1. The smallest absolute Gasteiger partial charge is 0.320 e. The molecule has 1 aromatic carbocycles. The standard InChI is InChI=1S/C16H22N2O3/c1-2-14(16(20)21)18-10-6-7-12(11-18)15(19)17-13-8-4-3-5-9-13/h3-5,8-9,12,14H,2,6-7,10-11H2,1H3,(H,17,19)(H,20,21). The number of aliphatic carboxylic acids is 1. The van der Waals surface area contributed by atoms with Crippen LogP contribution >= 0.6 is 0 Å². The molecule has 21 heavy (non-hydrogen) atoms. The van der Waals surface area contributed by atoms with Crippen molar-refractivity contribution in [3.8, 4) is 0 Å². The highest BCUT2D eigenvalue weighted by atomic mass is 16.4. The molecule has 2 N–H and O–H groups in total. The van der Waals surface area contributed by atoms with Crippen LogP contribution in [0.1, 0.15) is 26.2 Å². The summed E-state index contributed by atoms with van der Waals surface area (Å²) in [6.07, 6.45) is 2.23. The number of anilines is 1. The summed E-state index contributed by atoms with van der Waals surface area (Å²) in [5, 5.41) is 12.1. The quantitative estimate of drug-likeness (QED) is 0.872. The van der Waals surface area contributed by atoms with Crippen LogP contribution in [0.25, 0.3) is 0 Å². The largest absolute Gasteiger partial charge is 0.480 e. The van der Waals surface area contributed by atoms with Crippen molar-refractivity contribution in [1.82, 2.24) is 4.90 Å². The summed E-state index contributed by atoms with van der Waals surface area (Å²) in [6, 6.07) is 8.87. The summed E-state index contributed by atoms with van der Waals surface area (Å²) in [6.45, 7) is 3.13. The predicted octanol–water partition coefficient (Wildman–Crippen LogP) is 2.20. The third kappa shape index (κ3) is 4.04. The lowest BCUT2D eigenvalue weighted by Gasteiger charge is -2.35. The zero-order valence-electron chi connectivity index (χ0n) is 12.3. The van der Waals surface area contributed by atoms with Crippen molar-refractivity contribution < 1.29 is 14.7 Å². The summed E-state index contributed by atoms with van der Waals surface area (Å²) in [5.74, 6) is -0.972. The van der Waals surface area contributed by atoms with Gasteiger partial charge in [0, 0.05) is 12.2 Å². The lowest BCUT2D eigenvalue weighted by Crippen LogP contribution is -2.48. The van der Waals surface area contributed by atoms with Crippen molar-refractivity contribution in [3.63, 3.8) is 0 Å². The first-order valence-electron chi connectivity index (χ1n) is 7.44. The van der Waals surface area contributed by atoms with Gasteiger partial charge in [0.25, 0.3) is 0 Å². The number of hydrogen-bond donors (Lipinski definition) is 2. The molecule has 0 aromatic heterocycles. The van der Waals surface area contributed by atoms with Crippen molar-refractivity contribution >= 4 is 17.6 Å². The Morgan fingerprint density at radius 2 is 2.10 bits per heavy atom. The van der Waals surface area contributed by atoms with Gasteiger partial charge in [0.2, 0.25) is 5.91 Å². The number of carbonyl (C=O) groups is 2. The lowest BCUT2D eigenvalue weighted by atomic mass is 9.95. The molecular weight excluding hydrogens is 268 g/mol. The monoisotopic (exact) mass is 290 g/mol. The number of likely N-dealkylation sites (tertiary alicyclic amines) is 1. The molecule has 1 saturated heterocycles. The second-order valence-electron chi connectivity index (χ2n) is 5.45. The van der Waals surface area contributed by atoms with E-state index < -0.39 is 12.0 Å². The molecule has 1 heterocycles. The Morgan fingerprint density at radius 1 is 1.38 bits per heavy atom. The fraction of sp³-hybridized carbons (Fsp3) is 0.500. The summed E-state index contributed by atoms with van der Waals surface area (Å²) < 4.78 is 0. The van der Waals surface area contributed by atoms with E-state index in [4.69, 9.17) is 0 Å². The molecule has 5 heteroatoms. The topological polar surface area (TPSA) is 69.6 Å². The minimum absolute atomic E-state index is 0.0221. The first-order chi connectivity index (χ1) is 10.1. The Hall–Kier alpha value is -1.88. The van der Waals surface area contributed by atoms with Gasteiger partial charge in [-0.15, -0.1) is 0 Å². The summed E-state index contributed by atoms with van der Waals surface area (Å²) in [7, 11) is 0. The van der Waals surface area contributed by atoms with E-state index in [1.807, 2.05) is 42.2 Å². The number of rotatable bonds is 5. The van der Waals surface area contributed by atoms with Crippen LogP contribution in [-0.2, 0) is 9.59 Å². The molecule has 0 bridgehead atoms. The minimum atomic E-state index is -0.804. The molecule has 0 spiro atoms. The number of amides is 1. The third-order valence-electron chi connectivity index (χ3n) is 3.98. The van der Waals surface area contributed by atoms with Gasteiger partial charge < -0.3 is 10.4 Å². The van der Waals surface area contributed by atoms with Crippen LogP contribution in [0.3, 0.4) is 0 Å². The Labute approximate surface area is 125 Å². The van der Waals surface area contributed by atoms with Crippen LogP contribution in [0.5, 0.6) is 0 Å². The Bertz CT molecular complexity index is 490. The average Bonchev–Trinajstić information content (AvgIpc) is 2.49. The summed E-state index contributed by atoms with van der Waals surface area (Å²) in [5.41, 5.74) is 0.782. The van der Waals surface area contributed by atoms with Crippen LogP contribution < -0.4 is 5.32 Å². The van der Waals surface area contributed by atoms with Gasteiger partial charge >= 0.3 is 5.97 Å². The number of carboxylic acid groups (broad SMARTS) is 1. The van der Waals surface area contributed by atoms with Crippen LogP contribution in [-0.4, -0.2) is 41.0 Å². The molecule has 0 radical (unpaired) electrons. The SMILES string of the molecule is CCC(C(=O)O)N1CCCC(C(=O)Nc2ccccc2)C1. The van der Waals surface area contributed by atoms with Gasteiger partial charge in [-0.25, -0.2) is 0 Å². The lowest BCUT2D eigenvalue weighted by molar-refractivity contribution is -0.145. The maximum atomic E-state index is 12.3. The third-order valence-corrected chi connectivity index (χ3v) is 3.98. The van der Waals surface area contributed by atoms with E-state index in [9.17, 15) is 14.7 Å². The highest BCUT2D eigenvalue weighted by Crippen LogP contribution is 2.21. The first kappa shape index (κ1) is 15.5. The van der Waals surface area contributed by atoms with Crippen molar-refractivity contribution in [2.75, 3.05) is 18.4 Å². The van der Waals surface area contributed by atoms with Crippen molar-refractivity contribution in [2.24, 2.45) is 5.92 Å². The predicted molar refractivity (Wildman–Crippen MR) is 81.1 cm³/mol. The van der Waals surface area contributed by atoms with Gasteiger partial charge in [-0.1, -0.05) is 25.1 Å². The van der Waals surface area contributed by atoms with E-state index in [0.29, 0.717) is 13.0 Å². The minimum Gasteiger partial charge on any atom is -0.480 e. The van der Waals surface area contributed by atoms with Crippen molar-refractivity contribution in [3.05, 3.63) is 30.3 Å². The Balaban J connectivity index is 1.97. The highest BCUT2D eigenvalue weighted by Gasteiger charge is 2.32. The molecule has 2 atom stereocenters. The number of benzene rings is 1. The van der Waals surface area contributed by atoms with Gasteiger partial charge in [-0.3, -0.25) is 14.5 Å². The van der Waals surface area contributed by atoms with E-state index in [1.165, 1.54) is 0 Å². The van der Waals surface area contributed by atoms with Crippen LogP contribution in [0.15, 0.2) is 30.3 Å². The van der Waals surface area contributed by atoms with Crippen molar-refractivity contribution in [1.29, 1.82) is 0 Å². The molecule has 0 saturated carbocycles. The van der Waals surface area contributed by atoms with E-state index in [2.05, 4.69) is 5.32 Å². The highest BCUT2D eigenvalue weighted by molar-refractivity contribution is 5.92. The maximum absolute atomic E-state index is 12.3. The van der Waals surface area contributed by atoms with Gasteiger partial charge in [-0.05, 0) is 37.9 Å². The van der Waals surface area contributed by atoms with Gasteiger partial charge in [0.1, 0.15) is 6.04 Å². The molecule has 0 aliphatic carbocycles. The summed E-state index contributed by atoms with van der Waals surface area (Å²) in [4.78, 5) is 25.5. The second-order valence-corrected chi connectivity index (χ2v) is 5.45. The molecule has 2 rings (SSSR count). The van der Waals surface area contributed by atoms with Gasteiger partial charge in [0.15, 0.2) is 0 Å². The molecule has 1 aliphatic heterocycles. The first-order valence-corrected chi connectivity index (χ1v) is 7.44. The Morgan fingerprint density at radius 3 is 2.71 bits per heavy atom. The maximum Gasteiger partial charge on any atom is 0.320 e. The number of nitrogens with one attached hydrogen (secondary N) is 1. The van der Waals surface area contributed by atoms with Gasteiger partial charge in [0.05, 0.1) is 5.92 Å². The number of para-hydroxylation sites is 1. The van der Waals surface area contributed by atoms with E-state index in [0.717, 1.165) is 25.1 Å². The zero-order valence-corrected chi connectivity index (χ0v) is 12.3. The Kier molecular flexibility index (Phi) is 5.33. The van der Waals surface area contributed by atoms with Crippen LogP contribution in [0.2, 0.25) is 0 Å². The molecule has 2 unspecified atom stereocenters. The molecule has 5 nitrogen and oxygen atoms in total. The molecule has 1 aromatic rings. The van der Waals surface area contributed by atoms with Gasteiger partial charge in [-0.2, -0.15) is 0 Å². The van der Waals surface area contributed by atoms with Crippen LogP contribution in [0, 0.1) is 5.92 Å². The molecular formula is C16H22N2O3. The number of hydrogen-bond acceptors (Lipinski definition) is 3. The normalized spacial score (nSPS) is 20.7. The number of carboxylic acids is 1. The van der Waals surface area contributed by atoms with Crippen molar-refractivity contribution in [2.45, 2.75) is 32.2 Å². The van der Waals surface area contributed by atoms with E-state index in [-0.39, 0.29) is 11.8 Å². The summed E-state index contributed by atoms with van der Waals surface area (Å²) >= 11 is 0. The molecule has 1 amide bonds. The zero-order chi connectivity index (χ0) is 15.2. The van der Waals surface area contributed by atoms with E-state index >= 15 is 0 Å². The van der Waals surface area contributed by atoms with Crippen LogP contribution in [0.4, 0.5) is 5.69 Å². The van der Waals surface area contributed by atoms with E-state index in [1.54, 1.807) is 0 Å². The fourth-order valence-electron chi connectivity index (χ4n) is 2.86. The molecule has 1 aliphatic rings. The molecule has 114 valence electrons. The second kappa shape index (κ2) is 7.22.